The predicted molar refractivity (Wildman–Crippen MR) is 51.8 cm³/mol. The van der Waals surface area contributed by atoms with Crippen molar-refractivity contribution in [2.24, 2.45) is 0 Å². The molecule has 0 heterocycles. The minimum absolute atomic E-state index is 0.691. The third-order valence-electron chi connectivity index (χ3n) is 0.492. The van der Waals surface area contributed by atoms with Crippen LogP contribution in [0.25, 0.3) is 0 Å². The molecule has 0 atom stereocenters. The first-order chi connectivity index (χ1) is 4.33. The van der Waals surface area contributed by atoms with E-state index in [1.165, 1.54) is 0 Å². The second-order valence-electron chi connectivity index (χ2n) is 1.03. The molecular formula is C4H10I2O2Tm. The average molecular weight is 513 g/mol. The van der Waals surface area contributed by atoms with Crippen molar-refractivity contribution in [3.63, 3.8) is 0 Å². The molecule has 0 rings (SSSR count). The van der Waals surface area contributed by atoms with E-state index in [4.69, 9.17) is 0 Å². The third-order valence-corrected chi connectivity index (χ3v) is 0.492. The van der Waals surface area contributed by atoms with Crippen LogP contribution in [0.3, 0.4) is 0 Å². The fourth-order valence-electron chi connectivity index (χ4n) is 0.167. The zero-order valence-corrected chi connectivity index (χ0v) is 11.4. The Kier molecular flexibility index (Phi) is 26.6. The zero-order valence-electron chi connectivity index (χ0n) is 5.26. The van der Waals surface area contributed by atoms with E-state index < -0.39 is 0 Å². The Bertz CT molecular complexity index is 35.7. The van der Waals surface area contributed by atoms with Crippen molar-refractivity contribution >= 4 is 30.5 Å². The normalized spacial score (nSPS) is 8.44. The summed E-state index contributed by atoms with van der Waals surface area (Å²) in [4.78, 5) is 0. The summed E-state index contributed by atoms with van der Waals surface area (Å²) in [6, 6.07) is 0. The van der Waals surface area contributed by atoms with E-state index in [-0.39, 0.29) is 0 Å². The summed E-state index contributed by atoms with van der Waals surface area (Å²) in [5.74, 6) is 0. The van der Waals surface area contributed by atoms with Crippen LogP contribution < -0.4 is 0 Å². The van der Waals surface area contributed by atoms with Crippen LogP contribution in [0.4, 0.5) is 0 Å². The Balaban J connectivity index is 0. The topological polar surface area (TPSA) is 18.5 Å². The summed E-state index contributed by atoms with van der Waals surface area (Å²) in [6.07, 6.45) is 0. The van der Waals surface area contributed by atoms with Crippen LogP contribution in [0.1, 0.15) is 0 Å². The van der Waals surface area contributed by atoms with E-state index in [1.54, 1.807) is 14.2 Å². The minimum atomic E-state index is 0.691. The molecular weight excluding hydrogens is 503 g/mol. The standard InChI is InChI=1S/C4H10O2.2HI.Tm/c1-5-3-4-6-2;;;/h3-4H2,1-2H3;2*1H;/q;;;+2/p-2. The van der Waals surface area contributed by atoms with Crippen LogP contribution in [-0.2, 0) is 9.47 Å². The fourth-order valence-corrected chi connectivity index (χ4v) is 0.167. The van der Waals surface area contributed by atoms with E-state index in [0.29, 0.717) is 13.2 Å². The van der Waals surface area contributed by atoms with Gasteiger partial charge in [0.15, 0.2) is 0 Å². The van der Waals surface area contributed by atoms with Crippen molar-refractivity contribution in [3.8, 4) is 0 Å². The predicted octanol–water partition coefficient (Wildman–Crippen LogP) is 2.05. The fraction of sp³-hybridized carbons (Fsp3) is 1.00. The van der Waals surface area contributed by atoms with Crippen LogP contribution in [0, 0.1) is 22.8 Å². The van der Waals surface area contributed by atoms with Crippen LogP contribution in [0.2, 0.25) is 0 Å². The number of hydrogen-bond acceptors (Lipinski definition) is 2. The molecule has 0 fully saturated rings. The summed E-state index contributed by atoms with van der Waals surface area (Å²) in [6.45, 7) is 1.38. The van der Waals surface area contributed by atoms with Gasteiger partial charge in [-0.2, -0.15) is 0 Å². The molecule has 0 aromatic rings. The third kappa shape index (κ3) is 25.0. The molecule has 0 aliphatic carbocycles. The molecule has 65 valence electrons. The van der Waals surface area contributed by atoms with Crippen LogP contribution in [0.15, 0.2) is 0 Å². The van der Waals surface area contributed by atoms with Crippen LogP contribution in [-0.4, -0.2) is 27.4 Å². The molecule has 0 saturated heterocycles. The van der Waals surface area contributed by atoms with Gasteiger partial charge in [-0.15, -0.1) is 0 Å². The monoisotopic (exact) mass is 513 g/mol. The van der Waals surface area contributed by atoms with Gasteiger partial charge < -0.3 is 9.47 Å². The Morgan fingerprint density at radius 1 is 1.11 bits per heavy atom. The molecule has 9 heavy (non-hydrogen) atoms. The van der Waals surface area contributed by atoms with E-state index in [2.05, 4.69) is 39.9 Å². The summed E-state index contributed by atoms with van der Waals surface area (Å²) < 4.78 is 9.31. The molecule has 0 aliphatic heterocycles. The van der Waals surface area contributed by atoms with Crippen molar-refractivity contribution in [1.82, 2.24) is 0 Å². The molecule has 0 amide bonds. The number of methoxy groups -OCH3 is 2. The summed E-state index contributed by atoms with van der Waals surface area (Å²) >= 11 is 5.46. The van der Waals surface area contributed by atoms with E-state index in [9.17, 15) is 0 Å². The van der Waals surface area contributed by atoms with Gasteiger partial charge in [0.05, 0.1) is 13.2 Å². The molecule has 0 spiro atoms. The van der Waals surface area contributed by atoms with Gasteiger partial charge in [-0.05, 0) is 0 Å². The van der Waals surface area contributed by atoms with Crippen molar-refractivity contribution < 1.29 is 32.2 Å². The molecule has 0 aliphatic rings. The molecule has 0 unspecified atom stereocenters. The maximum atomic E-state index is 4.66. The van der Waals surface area contributed by atoms with E-state index in [0.717, 1.165) is 22.8 Å². The number of halogens is 2. The molecule has 0 bridgehead atoms. The Morgan fingerprint density at radius 2 is 1.33 bits per heavy atom. The average Bonchev–Trinajstić information content (AvgIpc) is 1.86. The van der Waals surface area contributed by atoms with Gasteiger partial charge in [-0.1, -0.05) is 0 Å². The molecule has 5 heteroatoms. The zero-order chi connectivity index (χ0) is 7.54. The Morgan fingerprint density at radius 3 is 1.44 bits per heavy atom. The van der Waals surface area contributed by atoms with Gasteiger partial charge in [-0.25, -0.2) is 0 Å². The summed E-state index contributed by atoms with van der Waals surface area (Å²) in [7, 11) is 3.30. The van der Waals surface area contributed by atoms with Gasteiger partial charge in [-0.3, -0.25) is 0 Å². The van der Waals surface area contributed by atoms with Crippen molar-refractivity contribution in [1.29, 1.82) is 0 Å². The van der Waals surface area contributed by atoms with Crippen LogP contribution >= 0.6 is 30.5 Å². The Hall–Kier alpha value is 2.61. The van der Waals surface area contributed by atoms with Crippen molar-refractivity contribution in [2.45, 2.75) is 0 Å². The number of hydrogen-bond donors (Lipinski definition) is 0. The molecule has 0 saturated carbocycles. The van der Waals surface area contributed by atoms with Gasteiger partial charge in [0.25, 0.3) is 0 Å². The first-order valence-corrected chi connectivity index (χ1v) is 12.3. The van der Waals surface area contributed by atoms with Gasteiger partial charge in [0.1, 0.15) is 0 Å². The maximum absolute atomic E-state index is 4.66. The van der Waals surface area contributed by atoms with E-state index in [1.807, 2.05) is 0 Å². The van der Waals surface area contributed by atoms with Crippen LogP contribution in [0.5, 0.6) is 0 Å². The Labute approximate surface area is 88.1 Å². The van der Waals surface area contributed by atoms with Gasteiger partial charge in [0, 0.05) is 14.2 Å². The summed E-state index contributed by atoms with van der Waals surface area (Å²) in [5, 5.41) is 0. The molecule has 2 nitrogen and oxygen atoms in total. The van der Waals surface area contributed by atoms with Gasteiger partial charge >= 0.3 is 53.2 Å². The SMILES string of the molecule is COCCOC.[I][Tm][I]. The summed E-state index contributed by atoms with van der Waals surface area (Å²) in [5.41, 5.74) is 0. The van der Waals surface area contributed by atoms with E-state index >= 15 is 0 Å². The quantitative estimate of drug-likeness (QED) is 0.426. The molecule has 0 radical (unpaired) electrons. The first kappa shape index (κ1) is 14.2. The van der Waals surface area contributed by atoms with Crippen molar-refractivity contribution in [2.75, 3.05) is 27.4 Å². The second-order valence-corrected chi connectivity index (χ2v) is 14.2. The molecule has 0 N–H and O–H groups in total. The second kappa shape index (κ2) is 16.9. The number of rotatable bonds is 3. The molecule has 0 aromatic heterocycles. The number of ether oxygens (including phenoxy) is 2. The molecule has 0 aromatic carbocycles. The first-order valence-electron chi connectivity index (χ1n) is 2.10. The van der Waals surface area contributed by atoms with Crippen molar-refractivity contribution in [3.05, 3.63) is 0 Å². The van der Waals surface area contributed by atoms with Gasteiger partial charge in [0.2, 0.25) is 0 Å².